The highest BCUT2D eigenvalue weighted by Gasteiger charge is 2.06. The first-order valence-corrected chi connectivity index (χ1v) is 5.94. The fraction of sp³-hybridized carbons (Fsp3) is 0.0769. The Kier molecular flexibility index (Phi) is 2.64. The summed E-state index contributed by atoms with van der Waals surface area (Å²) < 4.78 is 0. The molecule has 2 heterocycles. The van der Waals surface area contributed by atoms with Crippen LogP contribution in [0.25, 0.3) is 11.0 Å². The summed E-state index contributed by atoms with van der Waals surface area (Å²) in [5.74, 6) is 0.700. The van der Waals surface area contributed by atoms with Crippen LogP contribution in [0.15, 0.2) is 36.5 Å². The van der Waals surface area contributed by atoms with Gasteiger partial charge in [-0.2, -0.15) is 5.10 Å². The van der Waals surface area contributed by atoms with E-state index >= 15 is 0 Å². The van der Waals surface area contributed by atoms with Crippen molar-refractivity contribution < 1.29 is 0 Å². The van der Waals surface area contributed by atoms with Crippen LogP contribution < -0.4 is 5.32 Å². The second-order valence-electron chi connectivity index (χ2n) is 4.06. The summed E-state index contributed by atoms with van der Waals surface area (Å²) in [7, 11) is 0. The van der Waals surface area contributed by atoms with Gasteiger partial charge in [0.25, 0.3) is 0 Å². The van der Waals surface area contributed by atoms with Gasteiger partial charge in [0.05, 0.1) is 5.52 Å². The van der Waals surface area contributed by atoms with E-state index in [2.05, 4.69) is 20.5 Å². The maximum atomic E-state index is 6.09. The minimum absolute atomic E-state index is 0.700. The second-order valence-corrected chi connectivity index (χ2v) is 4.47. The Morgan fingerprint density at radius 2 is 2.17 bits per heavy atom. The predicted molar refractivity (Wildman–Crippen MR) is 73.4 cm³/mol. The summed E-state index contributed by atoms with van der Waals surface area (Å²) in [5, 5.41) is 11.1. The summed E-state index contributed by atoms with van der Waals surface area (Å²) in [5.41, 5.74) is 3.66. The van der Waals surface area contributed by atoms with Gasteiger partial charge >= 0.3 is 0 Å². The number of pyridine rings is 1. The number of hydrogen-bond donors (Lipinski definition) is 2. The molecule has 0 spiro atoms. The molecule has 0 saturated heterocycles. The number of fused-ring (bicyclic) bond motifs is 1. The lowest BCUT2D eigenvalue weighted by Crippen LogP contribution is -1.92. The molecule has 0 amide bonds. The number of aromatic amines is 1. The summed E-state index contributed by atoms with van der Waals surface area (Å²) in [6.07, 6.45) is 1.74. The Morgan fingerprint density at radius 1 is 1.28 bits per heavy atom. The number of benzene rings is 1. The quantitative estimate of drug-likeness (QED) is 0.737. The molecule has 0 aliphatic carbocycles. The smallest absolute Gasteiger partial charge is 0.178 e. The van der Waals surface area contributed by atoms with Gasteiger partial charge in [-0.3, -0.25) is 10.1 Å². The fourth-order valence-electron chi connectivity index (χ4n) is 1.75. The SMILES string of the molecule is Cc1ccc(Nc2n[nH]c3cccnc23)cc1Cl. The van der Waals surface area contributed by atoms with Crippen molar-refractivity contribution in [2.45, 2.75) is 6.92 Å². The van der Waals surface area contributed by atoms with Crippen molar-refractivity contribution in [3.8, 4) is 0 Å². The highest BCUT2D eigenvalue weighted by atomic mass is 35.5. The van der Waals surface area contributed by atoms with Crippen LogP contribution in [-0.2, 0) is 0 Å². The number of anilines is 2. The molecule has 0 aliphatic rings. The summed E-state index contributed by atoms with van der Waals surface area (Å²) in [6.45, 7) is 1.97. The highest BCUT2D eigenvalue weighted by Crippen LogP contribution is 2.25. The maximum absolute atomic E-state index is 6.09. The maximum Gasteiger partial charge on any atom is 0.178 e. The van der Waals surface area contributed by atoms with Crippen LogP contribution in [0, 0.1) is 6.92 Å². The van der Waals surface area contributed by atoms with Gasteiger partial charge in [-0.05, 0) is 36.8 Å². The molecule has 90 valence electrons. The van der Waals surface area contributed by atoms with Gasteiger partial charge in [0.1, 0.15) is 5.52 Å². The van der Waals surface area contributed by atoms with Crippen molar-refractivity contribution in [1.29, 1.82) is 0 Å². The van der Waals surface area contributed by atoms with Crippen LogP contribution in [0.5, 0.6) is 0 Å². The number of halogens is 1. The molecule has 0 bridgehead atoms. The third-order valence-corrected chi connectivity index (χ3v) is 3.16. The van der Waals surface area contributed by atoms with Crippen LogP contribution in [0.3, 0.4) is 0 Å². The largest absolute Gasteiger partial charge is 0.337 e. The van der Waals surface area contributed by atoms with Gasteiger partial charge in [0.2, 0.25) is 0 Å². The second kappa shape index (κ2) is 4.31. The number of nitrogens with one attached hydrogen (secondary N) is 2. The molecular formula is C13H11ClN4. The molecule has 1 aromatic carbocycles. The van der Waals surface area contributed by atoms with E-state index in [1.807, 2.05) is 37.3 Å². The molecule has 2 aromatic heterocycles. The van der Waals surface area contributed by atoms with Crippen LogP contribution in [0.2, 0.25) is 5.02 Å². The first-order chi connectivity index (χ1) is 8.74. The number of rotatable bonds is 2. The van der Waals surface area contributed by atoms with E-state index in [1.54, 1.807) is 6.20 Å². The van der Waals surface area contributed by atoms with Gasteiger partial charge in [0, 0.05) is 16.9 Å². The Labute approximate surface area is 109 Å². The van der Waals surface area contributed by atoms with Crippen LogP contribution in [0.4, 0.5) is 11.5 Å². The van der Waals surface area contributed by atoms with Crippen molar-refractivity contribution in [3.05, 3.63) is 47.1 Å². The van der Waals surface area contributed by atoms with Crippen molar-refractivity contribution in [3.63, 3.8) is 0 Å². The Bertz CT molecular complexity index is 705. The Morgan fingerprint density at radius 3 is 3.00 bits per heavy atom. The van der Waals surface area contributed by atoms with Gasteiger partial charge in [-0.25, -0.2) is 0 Å². The molecule has 3 aromatic rings. The minimum atomic E-state index is 0.700. The lowest BCUT2D eigenvalue weighted by molar-refractivity contribution is 1.12. The molecule has 0 saturated carbocycles. The number of hydrogen-bond acceptors (Lipinski definition) is 3. The fourth-order valence-corrected chi connectivity index (χ4v) is 1.93. The summed E-state index contributed by atoms with van der Waals surface area (Å²) in [6, 6.07) is 9.60. The average Bonchev–Trinajstić information content (AvgIpc) is 2.78. The van der Waals surface area contributed by atoms with E-state index in [4.69, 9.17) is 11.6 Å². The standard InChI is InChI=1S/C13H11ClN4/c1-8-4-5-9(7-10(8)14)16-13-12-11(17-18-13)3-2-6-15-12/h2-7H,1H3,(H2,16,17,18). The van der Waals surface area contributed by atoms with E-state index < -0.39 is 0 Å². The Hall–Kier alpha value is -2.07. The molecule has 2 N–H and O–H groups in total. The Balaban J connectivity index is 1.98. The molecule has 0 unspecified atom stereocenters. The van der Waals surface area contributed by atoms with Crippen molar-refractivity contribution in [1.82, 2.24) is 15.2 Å². The van der Waals surface area contributed by atoms with Gasteiger partial charge in [-0.1, -0.05) is 17.7 Å². The normalized spacial score (nSPS) is 10.8. The van der Waals surface area contributed by atoms with Crippen molar-refractivity contribution in [2.75, 3.05) is 5.32 Å². The molecular weight excluding hydrogens is 248 g/mol. The van der Waals surface area contributed by atoms with Crippen LogP contribution in [0.1, 0.15) is 5.56 Å². The van der Waals surface area contributed by atoms with Crippen molar-refractivity contribution in [2.24, 2.45) is 0 Å². The molecule has 0 aliphatic heterocycles. The van der Waals surface area contributed by atoms with Gasteiger partial charge in [0.15, 0.2) is 5.82 Å². The van der Waals surface area contributed by atoms with Crippen LogP contribution in [-0.4, -0.2) is 15.2 Å². The molecule has 18 heavy (non-hydrogen) atoms. The zero-order valence-electron chi connectivity index (χ0n) is 9.74. The molecule has 0 radical (unpaired) electrons. The lowest BCUT2D eigenvalue weighted by Gasteiger charge is -2.05. The van der Waals surface area contributed by atoms with Gasteiger partial charge in [-0.15, -0.1) is 0 Å². The first kappa shape index (κ1) is 11.0. The predicted octanol–water partition coefficient (Wildman–Crippen LogP) is 3.66. The van der Waals surface area contributed by atoms with E-state index in [0.29, 0.717) is 5.82 Å². The third kappa shape index (κ3) is 1.91. The number of aryl methyl sites for hydroxylation is 1. The summed E-state index contributed by atoms with van der Waals surface area (Å²) >= 11 is 6.09. The number of H-pyrrole nitrogens is 1. The number of nitrogens with zero attached hydrogens (tertiary/aromatic N) is 2. The lowest BCUT2D eigenvalue weighted by atomic mass is 10.2. The highest BCUT2D eigenvalue weighted by molar-refractivity contribution is 6.31. The van der Waals surface area contributed by atoms with E-state index in [1.165, 1.54) is 0 Å². The van der Waals surface area contributed by atoms with E-state index in [0.717, 1.165) is 27.3 Å². The zero-order valence-corrected chi connectivity index (χ0v) is 10.5. The van der Waals surface area contributed by atoms with E-state index in [-0.39, 0.29) is 0 Å². The third-order valence-electron chi connectivity index (χ3n) is 2.75. The molecule has 5 heteroatoms. The summed E-state index contributed by atoms with van der Waals surface area (Å²) in [4.78, 5) is 4.29. The topological polar surface area (TPSA) is 53.6 Å². The molecule has 0 fully saturated rings. The molecule has 0 atom stereocenters. The van der Waals surface area contributed by atoms with Crippen LogP contribution >= 0.6 is 11.6 Å². The minimum Gasteiger partial charge on any atom is -0.337 e. The number of aromatic nitrogens is 3. The first-order valence-electron chi connectivity index (χ1n) is 5.56. The molecule has 4 nitrogen and oxygen atoms in total. The van der Waals surface area contributed by atoms with Crippen molar-refractivity contribution >= 4 is 34.1 Å². The zero-order chi connectivity index (χ0) is 12.5. The molecule has 3 rings (SSSR count). The van der Waals surface area contributed by atoms with E-state index in [9.17, 15) is 0 Å². The monoisotopic (exact) mass is 258 g/mol. The average molecular weight is 259 g/mol. The van der Waals surface area contributed by atoms with Gasteiger partial charge < -0.3 is 5.32 Å².